The number of hydrogen-bond donors (Lipinski definition) is 0. The maximum absolute atomic E-state index is 11.6. The molecule has 0 aromatic heterocycles. The molecule has 0 aliphatic carbocycles. The number of hydrogen-bond acceptors (Lipinski definition) is 5. The number of sulfone groups is 1. The summed E-state index contributed by atoms with van der Waals surface area (Å²) in [6.45, 7) is 1.59. The third-order valence-electron chi connectivity index (χ3n) is 3.58. The minimum Gasteiger partial charge on any atom is -0.376 e. The van der Waals surface area contributed by atoms with E-state index in [1.807, 2.05) is 0 Å². The Morgan fingerprint density at radius 1 is 1.47 bits per heavy atom. The van der Waals surface area contributed by atoms with Crippen molar-refractivity contribution in [1.29, 1.82) is 0 Å². The van der Waals surface area contributed by atoms with E-state index in [1.54, 1.807) is 11.8 Å². The fourth-order valence-electron chi connectivity index (χ4n) is 2.75. The lowest BCUT2D eigenvalue weighted by atomic mass is 10.2. The largest absolute Gasteiger partial charge is 0.376 e. The van der Waals surface area contributed by atoms with Gasteiger partial charge in [0.25, 0.3) is 0 Å². The highest BCUT2D eigenvalue weighted by atomic mass is 32.2. The molecule has 0 saturated carbocycles. The Morgan fingerprint density at radius 3 is 3.00 bits per heavy atom. The van der Waals surface area contributed by atoms with Crippen molar-refractivity contribution in [3.63, 3.8) is 0 Å². The Bertz CT molecular complexity index is 430. The molecule has 0 spiro atoms. The fourth-order valence-corrected chi connectivity index (χ4v) is 7.14. The van der Waals surface area contributed by atoms with E-state index in [0.717, 1.165) is 30.3 Å². The van der Waals surface area contributed by atoms with Gasteiger partial charge < -0.3 is 9.64 Å². The molecular weight excluding hydrogens is 278 g/mol. The number of thioether (sulfide) groups is 1. The number of rotatable bonds is 2. The first kappa shape index (κ1) is 12.2. The summed E-state index contributed by atoms with van der Waals surface area (Å²) in [6.07, 6.45) is 2.40. The summed E-state index contributed by atoms with van der Waals surface area (Å²) in [5.41, 5.74) is 0. The normalized spacial score (nSPS) is 39.9. The molecule has 0 N–H and O–H groups in total. The molecule has 0 aromatic carbocycles. The van der Waals surface area contributed by atoms with E-state index >= 15 is 0 Å². The number of nitrogens with zero attached hydrogens (tertiary/aromatic N) is 1. The number of ether oxygens (including phenoxy) is 1. The first-order valence-corrected chi connectivity index (χ1v) is 8.95. The van der Waals surface area contributed by atoms with E-state index < -0.39 is 9.84 Å². The SMILES string of the molecule is O=S1(=O)C[C@@H]2[C@@H](C1)SC(=S)N2C[C@@H]1CCCO1. The summed E-state index contributed by atoms with van der Waals surface area (Å²) < 4.78 is 29.7. The third-order valence-corrected chi connectivity index (χ3v) is 7.25. The van der Waals surface area contributed by atoms with Crippen LogP contribution in [0.1, 0.15) is 12.8 Å². The summed E-state index contributed by atoms with van der Waals surface area (Å²) >= 11 is 6.90. The van der Waals surface area contributed by atoms with Gasteiger partial charge in [-0.3, -0.25) is 0 Å². The molecule has 3 rings (SSSR count). The van der Waals surface area contributed by atoms with Gasteiger partial charge in [-0.2, -0.15) is 0 Å². The van der Waals surface area contributed by atoms with Crippen LogP contribution in [-0.4, -0.2) is 59.7 Å². The van der Waals surface area contributed by atoms with Gasteiger partial charge in [0, 0.05) is 18.4 Å². The molecular formula is C10H15NO3S3. The Balaban J connectivity index is 1.72. The molecule has 3 fully saturated rings. The quantitative estimate of drug-likeness (QED) is 0.697. The van der Waals surface area contributed by atoms with Crippen molar-refractivity contribution in [1.82, 2.24) is 4.90 Å². The van der Waals surface area contributed by atoms with E-state index in [9.17, 15) is 8.42 Å². The second-order valence-electron chi connectivity index (χ2n) is 4.85. The standard InChI is InChI=1S/C10H15NO3S3/c12-17(13)5-8-9(6-17)16-10(15)11(8)4-7-2-1-3-14-7/h7-9H,1-6H2/t7-,8+,9+/m0/s1. The van der Waals surface area contributed by atoms with Gasteiger partial charge in [0.2, 0.25) is 0 Å². The van der Waals surface area contributed by atoms with Gasteiger partial charge in [-0.05, 0) is 12.8 Å². The number of thiocarbonyl (C=S) groups is 1. The van der Waals surface area contributed by atoms with Crippen LogP contribution in [0.5, 0.6) is 0 Å². The molecule has 3 heterocycles. The average molecular weight is 293 g/mol. The van der Waals surface area contributed by atoms with Gasteiger partial charge in [-0.15, -0.1) is 0 Å². The van der Waals surface area contributed by atoms with Crippen LogP contribution in [-0.2, 0) is 14.6 Å². The molecule has 3 atom stereocenters. The second-order valence-corrected chi connectivity index (χ2v) is 8.88. The van der Waals surface area contributed by atoms with E-state index in [2.05, 4.69) is 4.90 Å². The van der Waals surface area contributed by atoms with Gasteiger partial charge in [-0.25, -0.2) is 8.42 Å². The fraction of sp³-hybridized carbons (Fsp3) is 0.900. The molecule has 4 nitrogen and oxygen atoms in total. The summed E-state index contributed by atoms with van der Waals surface area (Å²) in [5.74, 6) is 0.544. The molecule has 96 valence electrons. The maximum Gasteiger partial charge on any atom is 0.153 e. The van der Waals surface area contributed by atoms with Crippen molar-refractivity contribution in [2.45, 2.75) is 30.2 Å². The Kier molecular flexibility index (Phi) is 3.13. The molecule has 17 heavy (non-hydrogen) atoms. The van der Waals surface area contributed by atoms with Crippen LogP contribution in [0.2, 0.25) is 0 Å². The van der Waals surface area contributed by atoms with Gasteiger partial charge in [-0.1, -0.05) is 24.0 Å². The van der Waals surface area contributed by atoms with Gasteiger partial charge in [0.05, 0.1) is 23.7 Å². The minimum absolute atomic E-state index is 0.0849. The topological polar surface area (TPSA) is 46.6 Å². The van der Waals surface area contributed by atoms with Crippen molar-refractivity contribution in [2.24, 2.45) is 0 Å². The van der Waals surface area contributed by atoms with E-state index in [1.165, 1.54) is 0 Å². The van der Waals surface area contributed by atoms with E-state index in [-0.39, 0.29) is 28.9 Å². The lowest BCUT2D eigenvalue weighted by Gasteiger charge is -2.26. The zero-order valence-corrected chi connectivity index (χ0v) is 11.8. The zero-order valence-electron chi connectivity index (χ0n) is 9.37. The van der Waals surface area contributed by atoms with Crippen LogP contribution in [0.15, 0.2) is 0 Å². The predicted molar refractivity (Wildman–Crippen MR) is 72.1 cm³/mol. The first-order chi connectivity index (χ1) is 8.05. The van der Waals surface area contributed by atoms with Gasteiger partial charge >= 0.3 is 0 Å². The van der Waals surface area contributed by atoms with Crippen LogP contribution in [0.3, 0.4) is 0 Å². The van der Waals surface area contributed by atoms with Gasteiger partial charge in [0.15, 0.2) is 9.84 Å². The van der Waals surface area contributed by atoms with Crippen molar-refractivity contribution < 1.29 is 13.2 Å². The van der Waals surface area contributed by atoms with E-state index in [4.69, 9.17) is 17.0 Å². The lowest BCUT2D eigenvalue weighted by molar-refractivity contribution is 0.0874. The Labute approximate surface area is 111 Å². The third kappa shape index (κ3) is 2.34. The smallest absolute Gasteiger partial charge is 0.153 e. The average Bonchev–Trinajstić information content (AvgIpc) is 2.87. The molecule has 0 aromatic rings. The zero-order chi connectivity index (χ0) is 12.0. The highest BCUT2D eigenvalue weighted by molar-refractivity contribution is 8.24. The van der Waals surface area contributed by atoms with Crippen molar-refractivity contribution >= 4 is 38.1 Å². The summed E-state index contributed by atoms with van der Waals surface area (Å²) in [4.78, 5) is 2.09. The molecule has 3 aliphatic rings. The van der Waals surface area contributed by atoms with E-state index in [0.29, 0.717) is 0 Å². The maximum atomic E-state index is 11.6. The molecule has 3 aliphatic heterocycles. The van der Waals surface area contributed by atoms with Crippen LogP contribution in [0, 0.1) is 0 Å². The summed E-state index contributed by atoms with van der Waals surface area (Å²) in [6, 6.07) is 0.0849. The highest BCUT2D eigenvalue weighted by Gasteiger charge is 2.48. The molecule has 3 saturated heterocycles. The first-order valence-electron chi connectivity index (χ1n) is 5.84. The van der Waals surface area contributed by atoms with Crippen molar-refractivity contribution in [3.05, 3.63) is 0 Å². The summed E-state index contributed by atoms with van der Waals surface area (Å²) in [5, 5.41) is 0.147. The monoisotopic (exact) mass is 293 g/mol. The molecule has 0 bridgehead atoms. The van der Waals surface area contributed by atoms with Crippen molar-refractivity contribution in [2.75, 3.05) is 24.7 Å². The Morgan fingerprint density at radius 2 is 2.29 bits per heavy atom. The molecule has 7 heteroatoms. The predicted octanol–water partition coefficient (Wildman–Crippen LogP) is 0.665. The van der Waals surface area contributed by atoms with Crippen LogP contribution in [0.25, 0.3) is 0 Å². The molecule has 0 unspecified atom stereocenters. The Hall–Kier alpha value is 0.150. The van der Waals surface area contributed by atoms with Crippen LogP contribution >= 0.6 is 24.0 Å². The highest BCUT2D eigenvalue weighted by Crippen LogP contribution is 2.38. The molecule has 0 radical (unpaired) electrons. The molecule has 0 amide bonds. The number of fused-ring (bicyclic) bond motifs is 1. The second kappa shape index (κ2) is 4.36. The summed E-state index contributed by atoms with van der Waals surface area (Å²) in [7, 11) is -2.86. The minimum atomic E-state index is -2.86. The van der Waals surface area contributed by atoms with Gasteiger partial charge in [0.1, 0.15) is 4.32 Å². The van der Waals surface area contributed by atoms with Crippen LogP contribution in [0.4, 0.5) is 0 Å². The lowest BCUT2D eigenvalue weighted by Crippen LogP contribution is -2.41. The van der Waals surface area contributed by atoms with Crippen molar-refractivity contribution in [3.8, 4) is 0 Å². The van der Waals surface area contributed by atoms with Crippen LogP contribution < -0.4 is 0 Å².